The minimum Gasteiger partial charge on any atom is -0.339 e. The second kappa shape index (κ2) is 4.27. The lowest BCUT2D eigenvalue weighted by atomic mass is 10.0. The first kappa shape index (κ1) is 12.9. The number of rotatable bonds is 4. The van der Waals surface area contributed by atoms with Crippen LogP contribution in [0.15, 0.2) is 0 Å². The molecule has 0 aromatic heterocycles. The number of amides is 1. The Morgan fingerprint density at radius 1 is 1.35 bits per heavy atom. The monoisotopic (exact) mass is 238 g/mol. The first-order valence-electron chi connectivity index (χ1n) is 6.89. The molecule has 3 atom stereocenters. The average Bonchev–Trinajstić information content (AvgIpc) is 2.70. The van der Waals surface area contributed by atoms with Gasteiger partial charge in [-0.1, -0.05) is 13.8 Å². The Balaban J connectivity index is 1.87. The third-order valence-corrected chi connectivity index (χ3v) is 4.52. The zero-order chi connectivity index (χ0) is 12.8. The molecule has 0 bridgehead atoms. The zero-order valence-electron chi connectivity index (χ0n) is 11.8. The molecule has 1 aliphatic heterocycles. The van der Waals surface area contributed by atoms with Gasteiger partial charge in [0.2, 0.25) is 5.91 Å². The first-order chi connectivity index (χ1) is 7.83. The van der Waals surface area contributed by atoms with E-state index in [-0.39, 0.29) is 6.04 Å². The van der Waals surface area contributed by atoms with Gasteiger partial charge in [0.1, 0.15) is 0 Å². The summed E-state index contributed by atoms with van der Waals surface area (Å²) in [7, 11) is 0. The molecule has 0 radical (unpaired) electrons. The smallest absolute Gasteiger partial charge is 0.240 e. The van der Waals surface area contributed by atoms with Crippen LogP contribution in [0.2, 0.25) is 0 Å². The fourth-order valence-corrected chi connectivity index (χ4v) is 3.16. The fourth-order valence-electron chi connectivity index (χ4n) is 3.16. The van der Waals surface area contributed by atoms with Crippen molar-refractivity contribution < 1.29 is 4.79 Å². The van der Waals surface area contributed by atoms with Crippen LogP contribution in [0.4, 0.5) is 0 Å². The number of carbonyl (C=O) groups excluding carboxylic acids is 1. The van der Waals surface area contributed by atoms with E-state index in [1.807, 2.05) is 4.90 Å². The van der Waals surface area contributed by atoms with Crippen molar-refractivity contribution in [1.82, 2.24) is 10.2 Å². The van der Waals surface area contributed by atoms with Gasteiger partial charge in [0.05, 0.1) is 6.04 Å². The zero-order valence-corrected chi connectivity index (χ0v) is 11.8. The van der Waals surface area contributed by atoms with E-state index in [4.69, 9.17) is 0 Å². The van der Waals surface area contributed by atoms with Crippen molar-refractivity contribution in [2.75, 3.05) is 6.54 Å². The highest BCUT2D eigenvalue weighted by Crippen LogP contribution is 2.53. The van der Waals surface area contributed by atoms with Crippen LogP contribution < -0.4 is 5.32 Å². The van der Waals surface area contributed by atoms with Crippen molar-refractivity contribution in [3.05, 3.63) is 0 Å². The molecule has 0 spiro atoms. The summed E-state index contributed by atoms with van der Waals surface area (Å²) >= 11 is 0. The van der Waals surface area contributed by atoms with Crippen LogP contribution in [0.1, 0.15) is 47.5 Å². The Morgan fingerprint density at radius 2 is 1.94 bits per heavy atom. The van der Waals surface area contributed by atoms with E-state index in [1.165, 1.54) is 6.42 Å². The second-order valence-electron chi connectivity index (χ2n) is 6.72. The van der Waals surface area contributed by atoms with Crippen molar-refractivity contribution in [2.45, 2.75) is 65.6 Å². The maximum absolute atomic E-state index is 12.2. The Kier molecular flexibility index (Phi) is 3.23. The quantitative estimate of drug-likeness (QED) is 0.812. The number of carbonyl (C=O) groups is 1. The Hall–Kier alpha value is -0.570. The Labute approximate surface area is 105 Å². The first-order valence-corrected chi connectivity index (χ1v) is 6.89. The lowest BCUT2D eigenvalue weighted by Crippen LogP contribution is -2.45. The fraction of sp³-hybridized carbons (Fsp3) is 0.929. The van der Waals surface area contributed by atoms with E-state index < -0.39 is 0 Å². The average molecular weight is 238 g/mol. The summed E-state index contributed by atoms with van der Waals surface area (Å²) in [5, 5.41) is 3.54. The number of likely N-dealkylation sites (tertiary alicyclic amines) is 1. The molecule has 2 rings (SSSR count). The van der Waals surface area contributed by atoms with E-state index in [0.29, 0.717) is 23.4 Å². The highest BCUT2D eigenvalue weighted by molar-refractivity contribution is 5.84. The van der Waals surface area contributed by atoms with Gasteiger partial charge in [0, 0.05) is 18.6 Å². The van der Waals surface area contributed by atoms with Crippen molar-refractivity contribution in [3.8, 4) is 0 Å². The highest BCUT2D eigenvalue weighted by atomic mass is 16.2. The molecule has 3 nitrogen and oxygen atoms in total. The molecule has 1 aliphatic carbocycles. The molecular weight excluding hydrogens is 212 g/mol. The largest absolute Gasteiger partial charge is 0.339 e. The van der Waals surface area contributed by atoms with Gasteiger partial charge < -0.3 is 10.2 Å². The Bertz CT molecular complexity index is 311. The third-order valence-electron chi connectivity index (χ3n) is 4.52. The molecule has 1 N–H and O–H groups in total. The van der Waals surface area contributed by atoms with Crippen molar-refractivity contribution in [1.29, 1.82) is 0 Å². The van der Waals surface area contributed by atoms with Crippen LogP contribution in [-0.4, -0.2) is 35.5 Å². The Morgan fingerprint density at radius 3 is 2.35 bits per heavy atom. The van der Waals surface area contributed by atoms with E-state index in [1.54, 1.807) is 0 Å². The van der Waals surface area contributed by atoms with Gasteiger partial charge in [0.25, 0.3) is 0 Å². The van der Waals surface area contributed by atoms with Crippen molar-refractivity contribution >= 4 is 5.91 Å². The highest BCUT2D eigenvalue weighted by Gasteiger charge is 2.49. The number of hydrogen-bond acceptors (Lipinski definition) is 2. The summed E-state index contributed by atoms with van der Waals surface area (Å²) in [6.45, 7) is 11.9. The molecule has 1 amide bonds. The summed E-state index contributed by atoms with van der Waals surface area (Å²) in [6, 6.07) is 0.858. The van der Waals surface area contributed by atoms with Crippen molar-refractivity contribution in [3.63, 3.8) is 0 Å². The van der Waals surface area contributed by atoms with Crippen LogP contribution in [0, 0.1) is 11.3 Å². The van der Waals surface area contributed by atoms with E-state index >= 15 is 0 Å². The van der Waals surface area contributed by atoms with Crippen LogP contribution >= 0.6 is 0 Å². The molecule has 0 aromatic rings. The van der Waals surface area contributed by atoms with Crippen LogP contribution in [-0.2, 0) is 4.79 Å². The van der Waals surface area contributed by atoms with Gasteiger partial charge in [-0.15, -0.1) is 0 Å². The lowest BCUT2D eigenvalue weighted by Gasteiger charge is -2.23. The molecule has 1 saturated heterocycles. The summed E-state index contributed by atoms with van der Waals surface area (Å²) in [4.78, 5) is 14.1. The van der Waals surface area contributed by atoms with E-state index in [9.17, 15) is 4.79 Å². The number of hydrogen-bond donors (Lipinski definition) is 1. The van der Waals surface area contributed by atoms with Crippen molar-refractivity contribution in [2.24, 2.45) is 11.3 Å². The van der Waals surface area contributed by atoms with Gasteiger partial charge in [-0.2, -0.15) is 0 Å². The predicted molar refractivity (Wildman–Crippen MR) is 69.7 cm³/mol. The van der Waals surface area contributed by atoms with Gasteiger partial charge in [-0.05, 0) is 44.9 Å². The summed E-state index contributed by atoms with van der Waals surface area (Å²) < 4.78 is 0. The maximum Gasteiger partial charge on any atom is 0.240 e. The molecule has 2 fully saturated rings. The molecule has 1 saturated carbocycles. The summed E-state index contributed by atoms with van der Waals surface area (Å²) in [5.74, 6) is 1.04. The normalized spacial score (nSPS) is 33.3. The van der Waals surface area contributed by atoms with Gasteiger partial charge in [-0.25, -0.2) is 0 Å². The molecule has 0 aromatic carbocycles. The standard InChI is InChI=1S/C14H26N2O/c1-9(2)16-7-6-12(13(16)17)15-10(3)11-8-14(11,4)5/h9-12,15H,6-8H2,1-5H3/t10-,11+,12+/m0/s1. The molecule has 17 heavy (non-hydrogen) atoms. The molecular formula is C14H26N2O. The lowest BCUT2D eigenvalue weighted by molar-refractivity contribution is -0.131. The van der Waals surface area contributed by atoms with Gasteiger partial charge in [-0.3, -0.25) is 4.79 Å². The van der Waals surface area contributed by atoms with Gasteiger partial charge >= 0.3 is 0 Å². The predicted octanol–water partition coefficient (Wildman–Crippen LogP) is 2.02. The maximum atomic E-state index is 12.2. The summed E-state index contributed by atoms with van der Waals surface area (Å²) in [5.41, 5.74) is 0.478. The molecule has 2 aliphatic rings. The van der Waals surface area contributed by atoms with E-state index in [2.05, 4.69) is 39.9 Å². The second-order valence-corrected chi connectivity index (χ2v) is 6.72. The van der Waals surface area contributed by atoms with Crippen LogP contribution in [0.25, 0.3) is 0 Å². The molecule has 0 unspecified atom stereocenters. The topological polar surface area (TPSA) is 32.3 Å². The third kappa shape index (κ3) is 2.49. The molecule has 1 heterocycles. The molecule has 98 valence electrons. The number of nitrogens with zero attached hydrogens (tertiary/aromatic N) is 1. The minimum atomic E-state index is 0.0591. The molecule has 3 heteroatoms. The SMILES string of the molecule is CC(C)N1CC[C@@H](N[C@@H](C)[C@H]2CC2(C)C)C1=O. The summed E-state index contributed by atoms with van der Waals surface area (Å²) in [6.07, 6.45) is 2.25. The van der Waals surface area contributed by atoms with E-state index in [0.717, 1.165) is 18.9 Å². The van der Waals surface area contributed by atoms with Crippen LogP contribution in [0.3, 0.4) is 0 Å². The number of nitrogens with one attached hydrogen (secondary N) is 1. The minimum absolute atomic E-state index is 0.0591. The van der Waals surface area contributed by atoms with Gasteiger partial charge in [0.15, 0.2) is 0 Å². The van der Waals surface area contributed by atoms with Crippen LogP contribution in [0.5, 0.6) is 0 Å².